The van der Waals surface area contributed by atoms with E-state index in [9.17, 15) is 23.2 Å². The van der Waals surface area contributed by atoms with Crippen LogP contribution in [0.3, 0.4) is 0 Å². The number of ketones is 1. The number of Topliss-reactive ketones (excluding diaryl/α,β-unsaturated/α-hetero) is 1. The van der Waals surface area contributed by atoms with Crippen molar-refractivity contribution in [3.63, 3.8) is 0 Å². The molecule has 0 saturated carbocycles. The topological polar surface area (TPSA) is 75.7 Å². The lowest BCUT2D eigenvalue weighted by atomic mass is 10.0. The van der Waals surface area contributed by atoms with Crippen LogP contribution in [0.2, 0.25) is 0 Å². The average Bonchev–Trinajstić information content (AvgIpc) is 2.67. The minimum absolute atomic E-state index is 0.0841. The van der Waals surface area contributed by atoms with Crippen molar-refractivity contribution in [2.24, 2.45) is 0 Å². The van der Waals surface area contributed by atoms with Crippen LogP contribution in [0.25, 0.3) is 0 Å². The normalized spacial score (nSPS) is 15.5. The number of amides is 2. The van der Waals surface area contributed by atoms with Crippen LogP contribution in [0, 0.1) is 11.6 Å². The lowest BCUT2D eigenvalue weighted by molar-refractivity contribution is -0.127. The first-order chi connectivity index (χ1) is 13.8. The highest BCUT2D eigenvalue weighted by Crippen LogP contribution is 2.35. The summed E-state index contributed by atoms with van der Waals surface area (Å²) in [7, 11) is 0. The Bertz CT molecular complexity index is 977. The first-order valence-electron chi connectivity index (χ1n) is 9.20. The highest BCUT2D eigenvalue weighted by atomic mass is 19.1. The van der Waals surface area contributed by atoms with E-state index in [0.29, 0.717) is 35.9 Å². The largest absolute Gasteiger partial charge is 0.479 e. The van der Waals surface area contributed by atoms with Crippen LogP contribution in [0.15, 0.2) is 36.4 Å². The number of anilines is 2. The molecule has 6 nitrogen and oxygen atoms in total. The summed E-state index contributed by atoms with van der Waals surface area (Å²) in [5.41, 5.74) is 0.508. The van der Waals surface area contributed by atoms with Crippen LogP contribution in [0.5, 0.6) is 5.75 Å². The van der Waals surface area contributed by atoms with E-state index in [2.05, 4.69) is 5.32 Å². The second-order valence-electron chi connectivity index (χ2n) is 6.71. The summed E-state index contributed by atoms with van der Waals surface area (Å²) < 4.78 is 32.4. The number of rotatable bonds is 6. The molecule has 0 aliphatic carbocycles. The summed E-state index contributed by atoms with van der Waals surface area (Å²) in [5.74, 6) is -2.55. The Morgan fingerprint density at radius 2 is 1.93 bits per heavy atom. The van der Waals surface area contributed by atoms with Gasteiger partial charge in [0.2, 0.25) is 5.91 Å². The van der Waals surface area contributed by atoms with Gasteiger partial charge in [0, 0.05) is 18.1 Å². The number of carbonyl (C=O) groups is 3. The molecular formula is C21H20F2N2O4. The molecule has 0 saturated heterocycles. The Balaban J connectivity index is 1.86. The number of carbonyl (C=O) groups excluding carboxylic acids is 3. The minimum atomic E-state index is -0.923. The van der Waals surface area contributed by atoms with Crippen molar-refractivity contribution in [3.8, 4) is 5.75 Å². The number of hydrogen-bond acceptors (Lipinski definition) is 4. The number of fused-ring (bicyclic) bond motifs is 1. The van der Waals surface area contributed by atoms with E-state index in [0.717, 1.165) is 12.1 Å². The van der Waals surface area contributed by atoms with Crippen LogP contribution in [-0.2, 0) is 9.59 Å². The molecular weight excluding hydrogens is 382 g/mol. The van der Waals surface area contributed by atoms with E-state index in [4.69, 9.17) is 4.74 Å². The number of halogens is 2. The van der Waals surface area contributed by atoms with Crippen molar-refractivity contribution in [1.29, 1.82) is 0 Å². The van der Waals surface area contributed by atoms with Gasteiger partial charge in [0.15, 0.2) is 11.9 Å². The highest BCUT2D eigenvalue weighted by molar-refractivity contribution is 6.07. The van der Waals surface area contributed by atoms with Gasteiger partial charge < -0.3 is 10.1 Å². The summed E-state index contributed by atoms with van der Waals surface area (Å²) >= 11 is 0. The van der Waals surface area contributed by atoms with Crippen molar-refractivity contribution in [1.82, 2.24) is 0 Å². The molecule has 2 amide bonds. The van der Waals surface area contributed by atoms with E-state index in [1.54, 1.807) is 19.1 Å². The molecule has 2 aromatic carbocycles. The Kier molecular flexibility index (Phi) is 5.91. The Hall–Kier alpha value is -3.29. The summed E-state index contributed by atoms with van der Waals surface area (Å²) in [4.78, 5) is 38.4. The third-order valence-electron chi connectivity index (χ3n) is 4.47. The zero-order valence-electron chi connectivity index (χ0n) is 16.0. The van der Waals surface area contributed by atoms with Crippen LogP contribution >= 0.6 is 0 Å². The maximum atomic E-state index is 13.8. The van der Waals surface area contributed by atoms with Gasteiger partial charge in [0.25, 0.3) is 5.91 Å². The molecule has 1 aliphatic heterocycles. The molecule has 1 unspecified atom stereocenters. The van der Waals surface area contributed by atoms with Gasteiger partial charge in [-0.15, -0.1) is 0 Å². The van der Waals surface area contributed by atoms with Gasteiger partial charge in [-0.25, -0.2) is 8.78 Å². The zero-order chi connectivity index (χ0) is 21.1. The molecule has 1 heterocycles. The fourth-order valence-electron chi connectivity index (χ4n) is 3.04. The monoisotopic (exact) mass is 402 g/mol. The first-order valence-corrected chi connectivity index (χ1v) is 9.20. The second-order valence-corrected chi connectivity index (χ2v) is 6.71. The molecule has 0 fully saturated rings. The van der Waals surface area contributed by atoms with Crippen molar-refractivity contribution < 1.29 is 27.9 Å². The van der Waals surface area contributed by atoms with Gasteiger partial charge in [-0.05, 0) is 43.7 Å². The molecule has 0 aromatic heterocycles. The van der Waals surface area contributed by atoms with E-state index >= 15 is 0 Å². The molecule has 152 valence electrons. The third-order valence-corrected chi connectivity index (χ3v) is 4.47. The third kappa shape index (κ3) is 4.42. The molecule has 0 spiro atoms. The molecule has 1 N–H and O–H groups in total. The van der Waals surface area contributed by atoms with Gasteiger partial charge in [-0.2, -0.15) is 0 Å². The van der Waals surface area contributed by atoms with E-state index in [-0.39, 0.29) is 11.5 Å². The van der Waals surface area contributed by atoms with Crippen LogP contribution in [0.4, 0.5) is 20.2 Å². The highest BCUT2D eigenvalue weighted by Gasteiger charge is 2.33. The van der Waals surface area contributed by atoms with E-state index in [1.165, 1.54) is 11.0 Å². The van der Waals surface area contributed by atoms with Crippen LogP contribution in [-0.4, -0.2) is 30.2 Å². The molecule has 1 atom stereocenters. The molecule has 29 heavy (non-hydrogen) atoms. The fraction of sp³-hybridized carbons (Fsp3) is 0.286. The van der Waals surface area contributed by atoms with Crippen molar-refractivity contribution in [3.05, 3.63) is 53.6 Å². The Morgan fingerprint density at radius 3 is 2.62 bits per heavy atom. The van der Waals surface area contributed by atoms with Crippen LogP contribution in [0.1, 0.15) is 37.0 Å². The number of ether oxygens (including phenoxy) is 1. The summed E-state index contributed by atoms with van der Waals surface area (Å²) in [5, 5.41) is 2.33. The van der Waals surface area contributed by atoms with E-state index in [1.807, 2.05) is 6.92 Å². The fourth-order valence-corrected chi connectivity index (χ4v) is 3.04. The maximum absolute atomic E-state index is 13.8. The molecule has 3 rings (SSSR count). The number of benzene rings is 2. The summed E-state index contributed by atoms with van der Waals surface area (Å²) in [6.45, 7) is 3.02. The lowest BCUT2D eigenvalue weighted by Gasteiger charge is -2.32. The van der Waals surface area contributed by atoms with Gasteiger partial charge in [0.1, 0.15) is 23.9 Å². The molecule has 0 bridgehead atoms. The lowest BCUT2D eigenvalue weighted by Crippen LogP contribution is -2.47. The van der Waals surface area contributed by atoms with Gasteiger partial charge in [-0.3, -0.25) is 19.3 Å². The van der Waals surface area contributed by atoms with Crippen molar-refractivity contribution in [2.45, 2.75) is 32.8 Å². The molecule has 1 aliphatic rings. The molecule has 0 radical (unpaired) electrons. The number of nitrogens with zero attached hydrogens (tertiary/aromatic N) is 1. The van der Waals surface area contributed by atoms with Gasteiger partial charge >= 0.3 is 0 Å². The van der Waals surface area contributed by atoms with E-state index < -0.39 is 36.1 Å². The Morgan fingerprint density at radius 1 is 1.17 bits per heavy atom. The average molecular weight is 402 g/mol. The first kappa shape index (κ1) is 20.4. The Labute approximate surface area is 166 Å². The summed E-state index contributed by atoms with van der Waals surface area (Å²) in [6.07, 6.45) is 0.210. The molecule has 2 aromatic rings. The minimum Gasteiger partial charge on any atom is -0.479 e. The van der Waals surface area contributed by atoms with Crippen molar-refractivity contribution in [2.75, 3.05) is 16.8 Å². The molecule has 8 heteroatoms. The van der Waals surface area contributed by atoms with Crippen LogP contribution < -0.4 is 15.0 Å². The van der Waals surface area contributed by atoms with Crippen molar-refractivity contribution >= 4 is 29.0 Å². The summed E-state index contributed by atoms with van der Waals surface area (Å²) in [6, 6.07) is 7.49. The number of nitrogens with one attached hydrogen (secondary N) is 1. The second kappa shape index (κ2) is 8.38. The van der Waals surface area contributed by atoms with Gasteiger partial charge in [0.05, 0.1) is 11.4 Å². The van der Waals surface area contributed by atoms with Gasteiger partial charge in [-0.1, -0.05) is 6.92 Å². The quantitative estimate of drug-likeness (QED) is 0.748. The predicted octanol–water partition coefficient (Wildman–Crippen LogP) is 3.70. The zero-order valence-corrected chi connectivity index (χ0v) is 16.0. The SMILES string of the molecule is CCCC(=O)c1ccc2c(c1)N(CC(=O)Nc1ccc(F)cc1F)C(=O)C(C)O2. The predicted molar refractivity (Wildman–Crippen MR) is 103 cm³/mol. The number of hydrogen-bond donors (Lipinski definition) is 1. The maximum Gasteiger partial charge on any atom is 0.268 e. The standard InChI is InChI=1S/C21H20F2N2O4/c1-3-4-18(26)13-5-8-19-17(9-13)25(21(28)12(2)29-19)11-20(27)24-16-7-6-14(22)10-15(16)23/h5-10,12H,3-4,11H2,1-2H3,(H,24,27). The smallest absolute Gasteiger partial charge is 0.268 e.